The first-order valence-corrected chi connectivity index (χ1v) is 8.31. The molecule has 1 aliphatic carbocycles. The Kier molecular flexibility index (Phi) is 5.58. The molecule has 0 aromatic carbocycles. The summed E-state index contributed by atoms with van der Waals surface area (Å²) in [5.74, 6) is 0.127. The van der Waals surface area contributed by atoms with E-state index in [9.17, 15) is 13.2 Å². The molecule has 0 spiro atoms. The highest BCUT2D eigenvalue weighted by Gasteiger charge is 2.44. The normalized spacial score (nSPS) is 36.1. The first-order valence-electron chi connectivity index (χ1n) is 8.31. The van der Waals surface area contributed by atoms with Gasteiger partial charge in [0.25, 0.3) is 0 Å². The van der Waals surface area contributed by atoms with Gasteiger partial charge in [-0.25, -0.2) is 0 Å². The minimum absolute atomic E-state index is 0.192. The average molecular weight is 306 g/mol. The summed E-state index contributed by atoms with van der Waals surface area (Å²) in [7, 11) is 1.94. The van der Waals surface area contributed by atoms with E-state index in [0.29, 0.717) is 30.7 Å². The van der Waals surface area contributed by atoms with Gasteiger partial charge in [-0.1, -0.05) is 13.8 Å². The van der Waals surface area contributed by atoms with E-state index in [4.69, 9.17) is 0 Å². The van der Waals surface area contributed by atoms with Crippen molar-refractivity contribution in [2.75, 3.05) is 20.1 Å². The summed E-state index contributed by atoms with van der Waals surface area (Å²) < 4.78 is 39.1. The molecule has 0 radical (unpaired) electrons. The summed E-state index contributed by atoms with van der Waals surface area (Å²) >= 11 is 0. The number of hydrogen-bond donors (Lipinski definition) is 1. The maximum absolute atomic E-state index is 13.0. The minimum Gasteiger partial charge on any atom is -0.315 e. The van der Waals surface area contributed by atoms with Crippen LogP contribution in [0.15, 0.2) is 0 Å². The number of likely N-dealkylation sites (tertiary alicyclic amines) is 1. The van der Waals surface area contributed by atoms with Gasteiger partial charge in [-0.05, 0) is 57.5 Å². The van der Waals surface area contributed by atoms with E-state index in [1.165, 1.54) is 6.42 Å². The predicted molar refractivity (Wildman–Crippen MR) is 79.2 cm³/mol. The summed E-state index contributed by atoms with van der Waals surface area (Å²) in [5.41, 5.74) is 0. The summed E-state index contributed by atoms with van der Waals surface area (Å²) in [6.45, 7) is 5.48. The number of piperidine rings is 1. The fourth-order valence-corrected chi connectivity index (χ4v) is 4.10. The second-order valence-electron chi connectivity index (χ2n) is 7.16. The molecule has 1 heterocycles. The van der Waals surface area contributed by atoms with Crippen molar-refractivity contribution in [1.29, 1.82) is 0 Å². The lowest BCUT2D eigenvalue weighted by atomic mass is 9.75. The number of alkyl halides is 3. The molecule has 2 nitrogen and oxygen atoms in total. The summed E-state index contributed by atoms with van der Waals surface area (Å²) in [6, 6.07) is 0.605. The Morgan fingerprint density at radius 1 is 1.14 bits per heavy atom. The molecular weight excluding hydrogens is 277 g/mol. The van der Waals surface area contributed by atoms with Crippen molar-refractivity contribution in [1.82, 2.24) is 10.2 Å². The number of hydrogen-bond acceptors (Lipinski definition) is 2. The van der Waals surface area contributed by atoms with Crippen LogP contribution in [0.1, 0.15) is 46.0 Å². The quantitative estimate of drug-likeness (QED) is 0.856. The van der Waals surface area contributed by atoms with Crippen LogP contribution in [0.25, 0.3) is 0 Å². The molecule has 0 aromatic heterocycles. The van der Waals surface area contributed by atoms with Crippen molar-refractivity contribution in [3.05, 3.63) is 0 Å². The van der Waals surface area contributed by atoms with Gasteiger partial charge < -0.3 is 5.32 Å². The molecule has 2 fully saturated rings. The van der Waals surface area contributed by atoms with Crippen molar-refractivity contribution < 1.29 is 13.2 Å². The summed E-state index contributed by atoms with van der Waals surface area (Å²) in [5, 5.41) is 3.34. The average Bonchev–Trinajstić information content (AvgIpc) is 2.45. The van der Waals surface area contributed by atoms with E-state index in [1.54, 1.807) is 0 Å². The van der Waals surface area contributed by atoms with Crippen molar-refractivity contribution in [2.45, 2.75) is 64.2 Å². The van der Waals surface area contributed by atoms with E-state index in [1.807, 2.05) is 7.05 Å². The standard InChI is InChI=1S/C16H29F3N2/c1-11(2)12-6-7-14(20-3)15(9-12)21-8-4-5-13(10-21)16(17,18)19/h11-15,20H,4-10H2,1-3H3. The smallest absolute Gasteiger partial charge is 0.315 e. The Morgan fingerprint density at radius 2 is 1.86 bits per heavy atom. The molecular formula is C16H29F3N2. The third-order valence-corrected chi connectivity index (χ3v) is 5.56. The van der Waals surface area contributed by atoms with Crippen LogP contribution < -0.4 is 5.32 Å². The number of nitrogens with one attached hydrogen (secondary N) is 1. The molecule has 1 aliphatic heterocycles. The van der Waals surface area contributed by atoms with Crippen molar-refractivity contribution >= 4 is 0 Å². The van der Waals surface area contributed by atoms with Crippen LogP contribution in [0.2, 0.25) is 0 Å². The predicted octanol–water partition coefficient (Wildman–Crippen LogP) is 3.67. The van der Waals surface area contributed by atoms with Crippen LogP contribution in [-0.2, 0) is 0 Å². The maximum atomic E-state index is 13.0. The van der Waals surface area contributed by atoms with Crippen LogP contribution in [-0.4, -0.2) is 43.3 Å². The molecule has 21 heavy (non-hydrogen) atoms. The molecule has 2 rings (SSSR count). The zero-order chi connectivity index (χ0) is 15.6. The molecule has 124 valence electrons. The fraction of sp³-hybridized carbons (Fsp3) is 1.00. The Labute approximate surface area is 126 Å². The van der Waals surface area contributed by atoms with Gasteiger partial charge in [0.15, 0.2) is 0 Å². The first kappa shape index (κ1) is 17.1. The number of likely N-dealkylation sites (N-methyl/N-ethyl adjacent to an activating group) is 1. The lowest BCUT2D eigenvalue weighted by molar-refractivity contribution is -0.189. The largest absolute Gasteiger partial charge is 0.393 e. The van der Waals surface area contributed by atoms with E-state index in [0.717, 1.165) is 19.4 Å². The molecule has 4 unspecified atom stereocenters. The fourth-order valence-electron chi connectivity index (χ4n) is 4.10. The molecule has 1 saturated carbocycles. The second-order valence-corrected chi connectivity index (χ2v) is 7.16. The second kappa shape index (κ2) is 6.86. The monoisotopic (exact) mass is 306 g/mol. The molecule has 1 N–H and O–H groups in total. The van der Waals surface area contributed by atoms with Gasteiger partial charge in [-0.15, -0.1) is 0 Å². The molecule has 4 atom stereocenters. The Hall–Kier alpha value is -0.290. The van der Waals surface area contributed by atoms with Crippen LogP contribution in [0.5, 0.6) is 0 Å². The van der Waals surface area contributed by atoms with E-state index in [-0.39, 0.29) is 12.6 Å². The van der Waals surface area contributed by atoms with Gasteiger partial charge in [-0.2, -0.15) is 13.2 Å². The van der Waals surface area contributed by atoms with Crippen LogP contribution in [0, 0.1) is 17.8 Å². The summed E-state index contributed by atoms with van der Waals surface area (Å²) in [4.78, 5) is 2.12. The van der Waals surface area contributed by atoms with Crippen molar-refractivity contribution in [3.63, 3.8) is 0 Å². The van der Waals surface area contributed by atoms with Crippen LogP contribution >= 0.6 is 0 Å². The maximum Gasteiger partial charge on any atom is 0.393 e. The van der Waals surface area contributed by atoms with E-state index in [2.05, 4.69) is 24.1 Å². The molecule has 0 amide bonds. The Bertz CT molecular complexity index is 330. The lowest BCUT2D eigenvalue weighted by Gasteiger charge is -2.46. The topological polar surface area (TPSA) is 15.3 Å². The van der Waals surface area contributed by atoms with Gasteiger partial charge in [0.05, 0.1) is 5.92 Å². The number of nitrogens with zero attached hydrogens (tertiary/aromatic N) is 1. The Balaban J connectivity index is 2.05. The molecule has 1 saturated heterocycles. The third kappa shape index (κ3) is 4.13. The van der Waals surface area contributed by atoms with Crippen LogP contribution in [0.4, 0.5) is 13.2 Å². The van der Waals surface area contributed by atoms with Gasteiger partial charge in [-0.3, -0.25) is 4.90 Å². The third-order valence-electron chi connectivity index (χ3n) is 5.56. The van der Waals surface area contributed by atoms with E-state index < -0.39 is 12.1 Å². The molecule has 5 heteroatoms. The van der Waals surface area contributed by atoms with Crippen molar-refractivity contribution in [3.8, 4) is 0 Å². The highest BCUT2D eigenvalue weighted by molar-refractivity contribution is 4.93. The van der Waals surface area contributed by atoms with Gasteiger partial charge >= 0.3 is 6.18 Å². The summed E-state index contributed by atoms with van der Waals surface area (Å²) in [6.07, 6.45) is 0.231. The highest BCUT2D eigenvalue weighted by Crippen LogP contribution is 2.38. The van der Waals surface area contributed by atoms with E-state index >= 15 is 0 Å². The number of rotatable bonds is 3. The van der Waals surface area contributed by atoms with Crippen molar-refractivity contribution in [2.24, 2.45) is 17.8 Å². The molecule has 2 aliphatic rings. The first-order chi connectivity index (χ1) is 9.82. The highest BCUT2D eigenvalue weighted by atomic mass is 19.4. The zero-order valence-corrected chi connectivity index (χ0v) is 13.4. The van der Waals surface area contributed by atoms with Gasteiger partial charge in [0, 0.05) is 18.6 Å². The SMILES string of the molecule is CNC1CCC(C(C)C)CC1N1CCCC(C(F)(F)F)C1. The van der Waals surface area contributed by atoms with Gasteiger partial charge in [0.1, 0.15) is 0 Å². The molecule has 0 aromatic rings. The minimum atomic E-state index is -4.04. The van der Waals surface area contributed by atoms with Crippen LogP contribution in [0.3, 0.4) is 0 Å². The zero-order valence-electron chi connectivity index (χ0n) is 13.4. The Morgan fingerprint density at radius 3 is 2.43 bits per heavy atom. The van der Waals surface area contributed by atoms with Gasteiger partial charge in [0.2, 0.25) is 0 Å². The molecule has 0 bridgehead atoms. The lowest BCUT2D eigenvalue weighted by Crippen LogP contribution is -2.56. The number of halogens is 3.